The Kier molecular flexibility index (Phi) is 10.0. The lowest BCUT2D eigenvalue weighted by molar-refractivity contribution is -0.122. The van der Waals surface area contributed by atoms with E-state index in [0.29, 0.717) is 24.2 Å². The number of aryl methyl sites for hydroxylation is 1. The zero-order valence-corrected chi connectivity index (χ0v) is 25.4. The van der Waals surface area contributed by atoms with Crippen LogP contribution in [0.15, 0.2) is 78.9 Å². The van der Waals surface area contributed by atoms with Gasteiger partial charge in [0.15, 0.2) is 5.69 Å². The molecule has 0 aliphatic heterocycles. The van der Waals surface area contributed by atoms with Crippen molar-refractivity contribution in [3.8, 4) is 0 Å². The highest BCUT2D eigenvalue weighted by Gasteiger charge is 2.37. The average Bonchev–Trinajstić information content (AvgIpc) is 3.43. The van der Waals surface area contributed by atoms with E-state index >= 15 is 0 Å². The molecule has 1 atom stereocenters. The van der Waals surface area contributed by atoms with Crippen molar-refractivity contribution in [1.29, 1.82) is 0 Å². The molecule has 4 N–H and O–H groups in total. The average molecular weight is 614 g/mol. The largest absolute Gasteiger partial charge is 0.395 e. The van der Waals surface area contributed by atoms with Gasteiger partial charge in [0.25, 0.3) is 11.8 Å². The van der Waals surface area contributed by atoms with E-state index < -0.39 is 29.6 Å². The van der Waals surface area contributed by atoms with E-state index in [1.807, 2.05) is 49.4 Å². The van der Waals surface area contributed by atoms with Gasteiger partial charge in [0.1, 0.15) is 16.7 Å². The molecule has 0 spiro atoms. The van der Waals surface area contributed by atoms with Gasteiger partial charge in [-0.15, -0.1) is 0 Å². The van der Waals surface area contributed by atoms with Crippen LogP contribution in [0, 0.1) is 12.7 Å². The Labute approximate surface area is 260 Å². The summed E-state index contributed by atoms with van der Waals surface area (Å²) in [4.78, 5) is 43.0. The summed E-state index contributed by atoms with van der Waals surface area (Å²) in [5.74, 6) is -1.91. The lowest BCUT2D eigenvalue weighted by Crippen LogP contribution is -2.44. The van der Waals surface area contributed by atoms with Gasteiger partial charge >= 0.3 is 0 Å². The van der Waals surface area contributed by atoms with Crippen LogP contribution >= 0.6 is 11.5 Å². The van der Waals surface area contributed by atoms with Crippen LogP contribution in [0.25, 0.3) is 0 Å². The number of nitrogens with two attached hydrogens (primary N) is 1. The molecule has 1 aromatic heterocycles. The first-order valence-electron chi connectivity index (χ1n) is 14.9. The molecule has 1 saturated carbocycles. The van der Waals surface area contributed by atoms with Crippen molar-refractivity contribution in [3.63, 3.8) is 0 Å². The zero-order chi connectivity index (χ0) is 31.1. The van der Waals surface area contributed by atoms with Gasteiger partial charge in [0, 0.05) is 18.3 Å². The number of para-hydroxylation sites is 1. The Morgan fingerprint density at radius 2 is 1.66 bits per heavy atom. The third-order valence-corrected chi connectivity index (χ3v) is 8.77. The van der Waals surface area contributed by atoms with E-state index in [-0.39, 0.29) is 22.3 Å². The van der Waals surface area contributed by atoms with Crippen LogP contribution in [-0.2, 0) is 11.2 Å². The van der Waals surface area contributed by atoms with Crippen molar-refractivity contribution in [2.45, 2.75) is 57.5 Å². The predicted octanol–water partition coefficient (Wildman–Crippen LogP) is 5.98. The van der Waals surface area contributed by atoms with Crippen molar-refractivity contribution < 1.29 is 18.8 Å². The number of nitrogens with one attached hydrogen (secondary N) is 2. The van der Waals surface area contributed by atoms with Crippen molar-refractivity contribution in [2.75, 3.05) is 17.2 Å². The second-order valence-electron chi connectivity index (χ2n) is 11.0. The number of amides is 3. The molecule has 1 heterocycles. The Morgan fingerprint density at radius 1 is 0.977 bits per heavy atom. The summed E-state index contributed by atoms with van der Waals surface area (Å²) in [7, 11) is 0. The maximum atomic E-state index is 14.5. The van der Waals surface area contributed by atoms with Crippen molar-refractivity contribution >= 4 is 40.6 Å². The molecule has 4 aromatic rings. The first-order chi connectivity index (χ1) is 21.3. The molecule has 10 heteroatoms. The fourth-order valence-electron chi connectivity index (χ4n) is 5.56. The SMILES string of the molecule is Cc1ccccc1N(C(=O)c1snc(C(=O)NC2CCCCC2)c1N)C(C(=O)NCCc1ccccc1)c1ccc(F)cc1. The fourth-order valence-corrected chi connectivity index (χ4v) is 6.29. The molecule has 1 aliphatic rings. The fraction of sp³-hybridized carbons (Fsp3) is 0.294. The Hall–Kier alpha value is -4.57. The van der Waals surface area contributed by atoms with Crippen LogP contribution in [-0.4, -0.2) is 34.7 Å². The zero-order valence-electron chi connectivity index (χ0n) is 24.6. The molecule has 3 amide bonds. The summed E-state index contributed by atoms with van der Waals surface area (Å²) in [6.45, 7) is 2.16. The number of benzene rings is 3. The molecule has 1 fully saturated rings. The summed E-state index contributed by atoms with van der Waals surface area (Å²) in [6, 6.07) is 21.3. The standard InChI is InChI=1S/C34H36FN5O3S/c1-22-10-8-9-15-27(22)40(34(43)31-28(36)29(39-44-31)32(41)38-26-13-6-3-7-14-26)30(24-16-18-25(35)19-17-24)33(42)37-21-20-23-11-4-2-5-12-23/h2,4-5,8-12,15-19,26,30H,3,6-7,13-14,20-21,36H2,1H3,(H,37,42)(H,38,41). The Bertz CT molecular complexity index is 1600. The summed E-state index contributed by atoms with van der Waals surface area (Å²) in [5, 5.41) is 5.98. The molecular weight excluding hydrogens is 577 g/mol. The number of anilines is 2. The summed E-state index contributed by atoms with van der Waals surface area (Å²) < 4.78 is 18.3. The van der Waals surface area contributed by atoms with Gasteiger partial charge in [-0.25, -0.2) is 4.39 Å². The molecule has 44 heavy (non-hydrogen) atoms. The van der Waals surface area contributed by atoms with Gasteiger partial charge in [-0.3, -0.25) is 19.3 Å². The van der Waals surface area contributed by atoms with Crippen LogP contribution in [0.4, 0.5) is 15.8 Å². The number of aromatic nitrogens is 1. The smallest absolute Gasteiger partial charge is 0.273 e. The Morgan fingerprint density at radius 3 is 2.36 bits per heavy atom. The minimum atomic E-state index is -1.17. The lowest BCUT2D eigenvalue weighted by atomic mass is 9.95. The molecule has 1 aliphatic carbocycles. The van der Waals surface area contributed by atoms with Crippen LogP contribution in [0.2, 0.25) is 0 Å². The number of carbonyl (C=O) groups is 3. The third kappa shape index (κ3) is 7.14. The number of carbonyl (C=O) groups excluding carboxylic acids is 3. The highest BCUT2D eigenvalue weighted by Crippen LogP contribution is 2.35. The summed E-state index contributed by atoms with van der Waals surface area (Å²) >= 11 is 0.827. The second kappa shape index (κ2) is 14.3. The maximum Gasteiger partial charge on any atom is 0.273 e. The van der Waals surface area contributed by atoms with Gasteiger partial charge in [-0.05, 0) is 72.6 Å². The second-order valence-corrected chi connectivity index (χ2v) is 11.8. The summed E-state index contributed by atoms with van der Waals surface area (Å²) in [5.41, 5.74) is 9.08. The normalized spacial score (nSPS) is 14.0. The van der Waals surface area contributed by atoms with Crippen molar-refractivity contribution in [1.82, 2.24) is 15.0 Å². The molecule has 0 saturated heterocycles. The van der Waals surface area contributed by atoms with Crippen molar-refractivity contribution in [3.05, 3.63) is 112 Å². The van der Waals surface area contributed by atoms with Gasteiger partial charge in [0.2, 0.25) is 5.91 Å². The molecule has 0 bridgehead atoms. The predicted molar refractivity (Wildman–Crippen MR) is 171 cm³/mol. The van der Waals surface area contributed by atoms with E-state index in [9.17, 15) is 18.8 Å². The highest BCUT2D eigenvalue weighted by atomic mass is 32.1. The summed E-state index contributed by atoms with van der Waals surface area (Å²) in [6.07, 6.45) is 5.61. The number of hydrogen-bond acceptors (Lipinski definition) is 6. The van der Waals surface area contributed by atoms with E-state index in [1.54, 1.807) is 12.1 Å². The van der Waals surface area contributed by atoms with Crippen LogP contribution in [0.5, 0.6) is 0 Å². The van der Waals surface area contributed by atoms with E-state index in [0.717, 1.165) is 54.8 Å². The number of nitrogen functional groups attached to an aromatic ring is 1. The highest BCUT2D eigenvalue weighted by molar-refractivity contribution is 7.09. The van der Waals surface area contributed by atoms with Crippen LogP contribution < -0.4 is 21.3 Å². The van der Waals surface area contributed by atoms with Gasteiger partial charge in [0.05, 0.1) is 5.69 Å². The minimum absolute atomic E-state index is 0.000646. The number of hydrogen-bond donors (Lipinski definition) is 3. The van der Waals surface area contributed by atoms with E-state index in [1.165, 1.54) is 29.2 Å². The number of halogens is 1. The van der Waals surface area contributed by atoms with Gasteiger partial charge in [-0.2, -0.15) is 4.37 Å². The molecular formula is C34H36FN5O3S. The van der Waals surface area contributed by atoms with E-state index in [4.69, 9.17) is 5.73 Å². The van der Waals surface area contributed by atoms with E-state index in [2.05, 4.69) is 15.0 Å². The van der Waals surface area contributed by atoms with Crippen LogP contribution in [0.1, 0.15) is 75.0 Å². The molecule has 8 nitrogen and oxygen atoms in total. The topological polar surface area (TPSA) is 117 Å². The third-order valence-electron chi connectivity index (χ3n) is 7.92. The van der Waals surface area contributed by atoms with Gasteiger partial charge in [-0.1, -0.05) is 79.9 Å². The molecule has 1 unspecified atom stereocenters. The van der Waals surface area contributed by atoms with Gasteiger partial charge < -0.3 is 16.4 Å². The quantitative estimate of drug-likeness (QED) is 0.203. The maximum absolute atomic E-state index is 14.5. The Balaban J connectivity index is 1.50. The molecule has 0 radical (unpaired) electrons. The molecule has 3 aromatic carbocycles. The lowest BCUT2D eigenvalue weighted by Gasteiger charge is -2.32. The molecule has 228 valence electrons. The van der Waals surface area contributed by atoms with Crippen LogP contribution in [0.3, 0.4) is 0 Å². The molecule has 5 rings (SSSR count). The first kappa shape index (κ1) is 30.9. The monoisotopic (exact) mass is 613 g/mol. The minimum Gasteiger partial charge on any atom is -0.395 e. The van der Waals surface area contributed by atoms with Crippen molar-refractivity contribution in [2.24, 2.45) is 0 Å². The number of rotatable bonds is 10. The first-order valence-corrected chi connectivity index (χ1v) is 15.6. The number of nitrogens with zero attached hydrogens (tertiary/aromatic N) is 2.